The number of hydrogen-bond acceptors (Lipinski definition) is 7. The molecule has 1 aromatic carbocycles. The van der Waals surface area contributed by atoms with Gasteiger partial charge >= 0.3 is 0 Å². The normalized spacial score (nSPS) is 31.4. The summed E-state index contributed by atoms with van der Waals surface area (Å²) >= 11 is 0. The molecule has 0 bridgehead atoms. The number of fused-ring (bicyclic) bond motifs is 3. The van der Waals surface area contributed by atoms with Crippen LogP contribution in [0.5, 0.6) is 5.75 Å². The molecule has 0 saturated heterocycles. The maximum atomic E-state index is 13.5. The van der Waals surface area contributed by atoms with E-state index in [9.17, 15) is 30.0 Å². The van der Waals surface area contributed by atoms with Crippen LogP contribution in [0.4, 0.5) is 0 Å². The van der Waals surface area contributed by atoms with Crippen molar-refractivity contribution < 1.29 is 30.0 Å². The number of benzene rings is 1. The van der Waals surface area contributed by atoms with E-state index in [1.165, 1.54) is 6.07 Å². The Kier molecular flexibility index (Phi) is 4.25. The highest BCUT2D eigenvalue weighted by atomic mass is 16.3. The molecule has 154 valence electrons. The number of rotatable bonds is 2. The number of hydrogen-bond donors (Lipinski definition) is 5. The predicted octanol–water partition coefficient (Wildman–Crippen LogP) is 0.785. The fourth-order valence-corrected chi connectivity index (χ4v) is 5.27. The standard InChI is InChI=1S/C21H24N2O6/c1-23(2)16-12-7-10-6-9-4-3-5-13(24)14(9)18(26)15(10)19(27)21(12,29)8-11(17(16)25)20(22)28/h3-5,10,12,16,24-26,29H,6-8H2,1-2H3,(H2,22,28). The molecular weight excluding hydrogens is 376 g/mol. The second kappa shape index (κ2) is 6.33. The highest BCUT2D eigenvalue weighted by molar-refractivity contribution is 6.10. The second-order valence-corrected chi connectivity index (χ2v) is 8.38. The van der Waals surface area contributed by atoms with Crippen molar-refractivity contribution in [2.24, 2.45) is 17.6 Å². The van der Waals surface area contributed by atoms with E-state index in [1.54, 1.807) is 31.1 Å². The Morgan fingerprint density at radius 2 is 1.93 bits per heavy atom. The highest BCUT2D eigenvalue weighted by Gasteiger charge is 2.60. The molecule has 1 fully saturated rings. The van der Waals surface area contributed by atoms with Gasteiger partial charge in [-0.3, -0.25) is 14.5 Å². The summed E-state index contributed by atoms with van der Waals surface area (Å²) in [4.78, 5) is 27.0. The molecule has 6 N–H and O–H groups in total. The maximum absolute atomic E-state index is 13.5. The number of phenols is 1. The van der Waals surface area contributed by atoms with E-state index in [0.717, 1.165) is 0 Å². The topological polar surface area (TPSA) is 144 Å². The molecule has 8 nitrogen and oxygen atoms in total. The number of phenolic OH excluding ortho intramolecular Hbond substituents is 1. The second-order valence-electron chi connectivity index (χ2n) is 8.38. The molecule has 29 heavy (non-hydrogen) atoms. The summed E-state index contributed by atoms with van der Waals surface area (Å²) in [5.41, 5.74) is 4.18. The van der Waals surface area contributed by atoms with Gasteiger partial charge in [0.25, 0.3) is 0 Å². The van der Waals surface area contributed by atoms with E-state index in [4.69, 9.17) is 5.73 Å². The largest absolute Gasteiger partial charge is 0.510 e. The van der Waals surface area contributed by atoms with Gasteiger partial charge in [0, 0.05) is 17.9 Å². The number of Topliss-reactive ketones (excluding diaryl/α,β-unsaturated/α-hetero) is 1. The number of nitrogens with two attached hydrogens (primary N) is 1. The minimum absolute atomic E-state index is 0.0560. The van der Waals surface area contributed by atoms with Gasteiger partial charge in [0.05, 0.1) is 17.2 Å². The minimum atomic E-state index is -1.99. The molecular formula is C21H24N2O6. The first-order valence-electron chi connectivity index (χ1n) is 9.47. The Labute approximate surface area is 167 Å². The lowest BCUT2D eigenvalue weighted by Crippen LogP contribution is -2.62. The first-order chi connectivity index (χ1) is 13.6. The lowest BCUT2D eigenvalue weighted by molar-refractivity contribution is -0.151. The van der Waals surface area contributed by atoms with Crippen molar-refractivity contribution in [3.05, 3.63) is 46.2 Å². The molecule has 0 aromatic heterocycles. The summed E-state index contributed by atoms with van der Waals surface area (Å²) in [7, 11) is 3.37. The van der Waals surface area contributed by atoms with E-state index >= 15 is 0 Å². The molecule has 1 amide bonds. The zero-order valence-electron chi connectivity index (χ0n) is 16.2. The van der Waals surface area contributed by atoms with E-state index in [2.05, 4.69) is 0 Å². The van der Waals surface area contributed by atoms with Crippen molar-refractivity contribution in [3.8, 4) is 5.75 Å². The van der Waals surface area contributed by atoms with Gasteiger partial charge in [-0.2, -0.15) is 0 Å². The molecule has 0 radical (unpaired) electrons. The Bertz CT molecular complexity index is 995. The van der Waals surface area contributed by atoms with Crippen LogP contribution in [0.3, 0.4) is 0 Å². The van der Waals surface area contributed by atoms with E-state index in [0.29, 0.717) is 18.4 Å². The van der Waals surface area contributed by atoms with Gasteiger partial charge in [0.15, 0.2) is 5.78 Å². The van der Waals surface area contributed by atoms with Gasteiger partial charge in [-0.25, -0.2) is 0 Å². The number of carbonyl (C=O) groups excluding carboxylic acids is 2. The lowest BCUT2D eigenvalue weighted by atomic mass is 9.57. The van der Waals surface area contributed by atoms with Gasteiger partial charge < -0.3 is 26.2 Å². The van der Waals surface area contributed by atoms with Crippen LogP contribution in [-0.4, -0.2) is 62.8 Å². The molecule has 4 atom stereocenters. The van der Waals surface area contributed by atoms with Crippen molar-refractivity contribution >= 4 is 17.4 Å². The van der Waals surface area contributed by atoms with E-state index < -0.39 is 35.7 Å². The number of nitrogens with zero attached hydrogens (tertiary/aromatic N) is 1. The number of amides is 1. The van der Waals surface area contributed by atoms with Crippen LogP contribution in [0, 0.1) is 11.8 Å². The van der Waals surface area contributed by atoms with E-state index in [1.807, 2.05) is 0 Å². The number of primary amides is 1. The summed E-state index contributed by atoms with van der Waals surface area (Å²) in [6.45, 7) is 0. The first-order valence-corrected chi connectivity index (χ1v) is 9.47. The summed E-state index contributed by atoms with van der Waals surface area (Å²) in [5.74, 6) is -3.37. The maximum Gasteiger partial charge on any atom is 0.248 e. The van der Waals surface area contributed by atoms with Gasteiger partial charge in [-0.05, 0) is 44.5 Å². The van der Waals surface area contributed by atoms with Crippen molar-refractivity contribution in [1.29, 1.82) is 0 Å². The number of likely N-dealkylation sites (N-methyl/N-ethyl adjacent to an activating group) is 1. The Hall–Kier alpha value is -2.84. The SMILES string of the molecule is CN(C)C1C(O)=C(C(N)=O)CC2(O)C(=O)C3=C(O)c4c(O)cccc4CC3CC12. The molecule has 0 aliphatic heterocycles. The zero-order valence-corrected chi connectivity index (χ0v) is 16.2. The summed E-state index contributed by atoms with van der Waals surface area (Å²) in [6.07, 6.45) is 0.309. The van der Waals surface area contributed by atoms with Crippen LogP contribution in [0.25, 0.3) is 5.76 Å². The van der Waals surface area contributed by atoms with Crippen LogP contribution < -0.4 is 5.73 Å². The van der Waals surface area contributed by atoms with Gasteiger partial charge in [0.2, 0.25) is 5.91 Å². The zero-order chi connectivity index (χ0) is 21.2. The molecule has 0 spiro atoms. The van der Waals surface area contributed by atoms with Crippen molar-refractivity contribution in [1.82, 2.24) is 4.90 Å². The lowest BCUT2D eigenvalue weighted by Gasteiger charge is -2.51. The third kappa shape index (κ3) is 2.59. The number of aliphatic hydroxyl groups is 3. The number of carbonyl (C=O) groups is 2. The first kappa shape index (κ1) is 19.5. The summed E-state index contributed by atoms with van der Waals surface area (Å²) in [5, 5.41) is 43.2. The van der Waals surface area contributed by atoms with Gasteiger partial charge in [-0.1, -0.05) is 12.1 Å². The predicted molar refractivity (Wildman–Crippen MR) is 104 cm³/mol. The fraction of sp³-hybridized carbons (Fsp3) is 0.429. The van der Waals surface area contributed by atoms with Crippen LogP contribution in [0.15, 0.2) is 35.1 Å². The third-order valence-corrected chi connectivity index (χ3v) is 6.56. The van der Waals surface area contributed by atoms with Crippen molar-refractivity contribution in [2.45, 2.75) is 30.9 Å². The van der Waals surface area contributed by atoms with Gasteiger partial charge in [-0.15, -0.1) is 0 Å². The molecule has 0 heterocycles. The summed E-state index contributed by atoms with van der Waals surface area (Å²) < 4.78 is 0. The quantitative estimate of drug-likeness (QED) is 0.493. The van der Waals surface area contributed by atoms with Crippen LogP contribution in [0.2, 0.25) is 0 Å². The number of aromatic hydroxyl groups is 1. The monoisotopic (exact) mass is 400 g/mol. The molecule has 8 heteroatoms. The average Bonchev–Trinajstić information content (AvgIpc) is 2.62. The number of ketones is 1. The fourth-order valence-electron chi connectivity index (χ4n) is 5.27. The smallest absolute Gasteiger partial charge is 0.248 e. The highest BCUT2D eigenvalue weighted by Crippen LogP contribution is 2.52. The number of aliphatic hydroxyl groups excluding tert-OH is 2. The van der Waals surface area contributed by atoms with Crippen molar-refractivity contribution in [2.75, 3.05) is 14.1 Å². The Morgan fingerprint density at radius 3 is 2.55 bits per heavy atom. The van der Waals surface area contributed by atoms with E-state index in [-0.39, 0.29) is 39.9 Å². The van der Waals surface area contributed by atoms with Crippen LogP contribution in [0.1, 0.15) is 24.0 Å². The Balaban J connectivity index is 1.90. The van der Waals surface area contributed by atoms with Crippen LogP contribution in [-0.2, 0) is 16.0 Å². The van der Waals surface area contributed by atoms with Crippen LogP contribution >= 0.6 is 0 Å². The summed E-state index contributed by atoms with van der Waals surface area (Å²) in [6, 6.07) is 4.11. The Morgan fingerprint density at radius 1 is 1.24 bits per heavy atom. The molecule has 3 aliphatic carbocycles. The molecule has 1 aromatic rings. The molecule has 4 unspecified atom stereocenters. The van der Waals surface area contributed by atoms with Gasteiger partial charge in [0.1, 0.15) is 22.9 Å². The third-order valence-electron chi connectivity index (χ3n) is 6.56. The molecule has 3 aliphatic rings. The minimum Gasteiger partial charge on any atom is -0.510 e. The molecule has 1 saturated carbocycles. The average molecular weight is 400 g/mol. The molecule has 4 rings (SSSR count). The van der Waals surface area contributed by atoms with Crippen molar-refractivity contribution in [3.63, 3.8) is 0 Å².